The lowest BCUT2D eigenvalue weighted by Crippen LogP contribution is -2.57. The summed E-state index contributed by atoms with van der Waals surface area (Å²) in [5.74, 6) is -0.624. The third-order valence-electron chi connectivity index (χ3n) is 4.78. The van der Waals surface area contributed by atoms with E-state index in [0.29, 0.717) is 37.2 Å². The van der Waals surface area contributed by atoms with E-state index in [-0.39, 0.29) is 18.0 Å². The van der Waals surface area contributed by atoms with Gasteiger partial charge in [-0.2, -0.15) is 0 Å². The Bertz CT molecular complexity index is 850. The minimum atomic E-state index is -1.08. The molecule has 1 unspecified atom stereocenters. The van der Waals surface area contributed by atoms with E-state index >= 15 is 0 Å². The van der Waals surface area contributed by atoms with Crippen molar-refractivity contribution in [2.24, 2.45) is 5.73 Å². The van der Waals surface area contributed by atoms with Crippen molar-refractivity contribution in [3.05, 3.63) is 28.2 Å². The van der Waals surface area contributed by atoms with Crippen molar-refractivity contribution in [2.75, 3.05) is 13.7 Å². The number of esters is 1. The highest BCUT2D eigenvalue weighted by atomic mass is 16.6. The van der Waals surface area contributed by atoms with Crippen LogP contribution < -0.4 is 26.3 Å². The molecule has 0 fully saturated rings. The molecule has 10 nitrogen and oxygen atoms in total. The van der Waals surface area contributed by atoms with Crippen LogP contribution >= 0.6 is 0 Å². The fourth-order valence-electron chi connectivity index (χ4n) is 3.09. The first-order valence-corrected chi connectivity index (χ1v) is 11.1. The Kier molecular flexibility index (Phi) is 10.9. The summed E-state index contributed by atoms with van der Waals surface area (Å²) < 4.78 is 11.0. The second-order valence-corrected chi connectivity index (χ2v) is 8.76. The van der Waals surface area contributed by atoms with Crippen LogP contribution in [0.5, 0.6) is 5.75 Å². The van der Waals surface area contributed by atoms with E-state index in [2.05, 4.69) is 10.6 Å². The summed E-state index contributed by atoms with van der Waals surface area (Å²) >= 11 is 0. The maximum atomic E-state index is 12.5. The zero-order valence-corrected chi connectivity index (χ0v) is 20.4. The molecule has 0 aliphatic heterocycles. The number of carbonyl (C=O) groups is 3. The number of nitroso groups, excluding NO2 is 1. The monoisotopic (exact) mass is 465 g/mol. The molecule has 0 saturated carbocycles. The molecule has 1 rings (SSSR count). The molecule has 0 bridgehead atoms. The van der Waals surface area contributed by atoms with Gasteiger partial charge in [-0.05, 0) is 52.2 Å². The number of nitrogens with one attached hydrogen (secondary N) is 3. The molecule has 0 heterocycles. The Labute approximate surface area is 194 Å². The minimum Gasteiger partial charge on any atom is -0.493 e. The van der Waals surface area contributed by atoms with Crippen molar-refractivity contribution in [1.29, 1.82) is 0 Å². The smallest absolute Gasteiger partial charge is 0.308 e. The van der Waals surface area contributed by atoms with Gasteiger partial charge in [-0.25, -0.2) is 0 Å². The molecular weight excluding hydrogens is 428 g/mol. The van der Waals surface area contributed by atoms with Crippen molar-refractivity contribution in [3.63, 3.8) is 0 Å². The highest BCUT2D eigenvalue weighted by molar-refractivity contribution is 5.86. The van der Waals surface area contributed by atoms with E-state index in [1.54, 1.807) is 46.9 Å². The molecule has 0 aromatic heterocycles. The van der Waals surface area contributed by atoms with Gasteiger partial charge < -0.3 is 25.8 Å². The SMILES string of the molecule is CCc1cc(C(C)NC(=O)[C@@H](N)CC(=O)OC(C)(C)C)c([NH+]=O)cc1OCCCC(=O)NC. The summed E-state index contributed by atoms with van der Waals surface area (Å²) in [6.07, 6.45) is 1.25. The maximum absolute atomic E-state index is 12.5. The van der Waals surface area contributed by atoms with Crippen molar-refractivity contribution in [3.8, 4) is 5.75 Å². The number of carbonyl (C=O) groups excluding carboxylic acids is 3. The topological polar surface area (TPSA) is 151 Å². The molecule has 2 amide bonds. The van der Waals surface area contributed by atoms with Gasteiger partial charge in [0.1, 0.15) is 11.4 Å². The van der Waals surface area contributed by atoms with Crippen LogP contribution in [0.25, 0.3) is 0 Å². The van der Waals surface area contributed by atoms with Crippen molar-refractivity contribution in [1.82, 2.24) is 10.6 Å². The molecule has 0 radical (unpaired) electrons. The average Bonchev–Trinajstić information content (AvgIpc) is 2.74. The fourth-order valence-corrected chi connectivity index (χ4v) is 3.09. The van der Waals surface area contributed by atoms with Gasteiger partial charge in [-0.3, -0.25) is 14.4 Å². The average molecular weight is 466 g/mol. The summed E-state index contributed by atoms with van der Waals surface area (Å²) in [7, 11) is 1.58. The normalized spacial score (nSPS) is 12.9. The van der Waals surface area contributed by atoms with Gasteiger partial charge in [0.05, 0.1) is 36.7 Å². The Balaban J connectivity index is 2.87. The van der Waals surface area contributed by atoms with Gasteiger partial charge in [-0.15, -0.1) is 0 Å². The number of rotatable bonds is 12. The number of hydrogen-bond acceptors (Lipinski definition) is 7. The van der Waals surface area contributed by atoms with E-state index in [4.69, 9.17) is 15.2 Å². The van der Waals surface area contributed by atoms with E-state index in [0.717, 1.165) is 5.56 Å². The molecule has 10 heteroatoms. The van der Waals surface area contributed by atoms with Crippen LogP contribution in [0.15, 0.2) is 12.1 Å². The van der Waals surface area contributed by atoms with Crippen LogP contribution in [0.4, 0.5) is 5.69 Å². The van der Waals surface area contributed by atoms with Crippen LogP contribution in [0.3, 0.4) is 0 Å². The van der Waals surface area contributed by atoms with Crippen LogP contribution in [0.2, 0.25) is 0 Å². The summed E-state index contributed by atoms with van der Waals surface area (Å²) in [6, 6.07) is 1.74. The van der Waals surface area contributed by atoms with E-state index in [1.807, 2.05) is 12.1 Å². The van der Waals surface area contributed by atoms with Gasteiger partial charge in [0.2, 0.25) is 11.8 Å². The van der Waals surface area contributed by atoms with Gasteiger partial charge >= 0.3 is 5.97 Å². The lowest BCUT2D eigenvalue weighted by Gasteiger charge is -2.22. The molecule has 0 aliphatic rings. The third kappa shape index (κ3) is 9.56. The first-order chi connectivity index (χ1) is 15.4. The van der Waals surface area contributed by atoms with Gasteiger partial charge in [-0.1, -0.05) is 6.92 Å². The Morgan fingerprint density at radius 3 is 2.42 bits per heavy atom. The first-order valence-electron chi connectivity index (χ1n) is 11.1. The lowest BCUT2D eigenvalue weighted by atomic mass is 10.00. The van der Waals surface area contributed by atoms with Crippen LogP contribution in [-0.2, 0) is 25.5 Å². The number of benzene rings is 1. The van der Waals surface area contributed by atoms with Crippen LogP contribution in [0, 0.1) is 4.91 Å². The molecular formula is C23H37N4O6+. The molecule has 0 aliphatic carbocycles. The Hall–Kier alpha value is -3.01. The molecule has 184 valence electrons. The predicted octanol–water partition coefficient (Wildman–Crippen LogP) is 0.869. The second kappa shape index (κ2) is 12.9. The highest BCUT2D eigenvalue weighted by Crippen LogP contribution is 2.29. The summed E-state index contributed by atoms with van der Waals surface area (Å²) in [6.45, 7) is 9.19. The molecule has 5 N–H and O–H groups in total. The maximum Gasteiger partial charge on any atom is 0.308 e. The van der Waals surface area contributed by atoms with Crippen molar-refractivity contribution in [2.45, 2.75) is 78.0 Å². The highest BCUT2D eigenvalue weighted by Gasteiger charge is 2.26. The zero-order valence-electron chi connectivity index (χ0n) is 20.4. The lowest BCUT2D eigenvalue weighted by molar-refractivity contribution is -0.380. The van der Waals surface area contributed by atoms with Crippen molar-refractivity contribution < 1.29 is 29.0 Å². The third-order valence-corrected chi connectivity index (χ3v) is 4.78. The van der Waals surface area contributed by atoms with E-state index < -0.39 is 29.6 Å². The largest absolute Gasteiger partial charge is 0.493 e. The Morgan fingerprint density at radius 1 is 1.21 bits per heavy atom. The number of hydrogen-bond donors (Lipinski definition) is 4. The number of amides is 2. The van der Waals surface area contributed by atoms with E-state index in [9.17, 15) is 19.3 Å². The van der Waals surface area contributed by atoms with Gasteiger partial charge in [0.15, 0.2) is 0 Å². The minimum absolute atomic E-state index is 0.0685. The van der Waals surface area contributed by atoms with Gasteiger partial charge in [0.25, 0.3) is 5.69 Å². The zero-order chi connectivity index (χ0) is 25.2. The standard InChI is InChI=1S/C23H36N4O6/c1-7-15-11-16(18(27-31)13-19(15)32-10-8-9-20(28)25-6)14(2)26-22(30)17(24)12-21(29)33-23(3,4)5/h11,13-14,17H,7-10,12,24H2,1-6H3,(H,25,28)(H,26,30)/p+1/t14?,17-/m0/s1. The van der Waals surface area contributed by atoms with Crippen molar-refractivity contribution >= 4 is 23.5 Å². The Morgan fingerprint density at radius 2 is 1.88 bits per heavy atom. The van der Waals surface area contributed by atoms with Crippen LogP contribution in [0.1, 0.15) is 71.0 Å². The first kappa shape index (κ1) is 28.0. The molecule has 33 heavy (non-hydrogen) atoms. The molecule has 1 aromatic rings. The molecule has 0 saturated heterocycles. The predicted molar refractivity (Wildman–Crippen MR) is 124 cm³/mol. The summed E-state index contributed by atoms with van der Waals surface area (Å²) in [5.41, 5.74) is 6.88. The fraction of sp³-hybridized carbons (Fsp3) is 0.609. The van der Waals surface area contributed by atoms with Gasteiger partial charge in [0, 0.05) is 23.6 Å². The molecule has 1 aromatic carbocycles. The summed E-state index contributed by atoms with van der Waals surface area (Å²) in [4.78, 5) is 47.4. The van der Waals surface area contributed by atoms with E-state index in [1.165, 1.54) is 0 Å². The number of ether oxygens (including phenoxy) is 2. The molecule has 2 atom stereocenters. The quantitative estimate of drug-likeness (QED) is 0.264. The number of aryl methyl sites for hydroxylation is 1. The molecule has 0 spiro atoms. The summed E-state index contributed by atoms with van der Waals surface area (Å²) in [5, 5.41) is 7.19. The van der Waals surface area contributed by atoms with Crippen LogP contribution in [-0.4, -0.2) is 43.1 Å². The number of nitrogens with two attached hydrogens (primary N) is 1. The second-order valence-electron chi connectivity index (χ2n) is 8.76.